The fraction of sp³-hybridized carbons (Fsp3) is 0.476. The molecule has 0 saturated carbocycles. The highest BCUT2D eigenvalue weighted by atomic mass is 19.1. The van der Waals surface area contributed by atoms with Crippen molar-refractivity contribution in [1.29, 1.82) is 0 Å². The first kappa shape index (κ1) is 18.8. The fourth-order valence-electron chi connectivity index (χ4n) is 4.05. The van der Waals surface area contributed by atoms with Crippen molar-refractivity contribution in [3.05, 3.63) is 42.6 Å². The van der Waals surface area contributed by atoms with E-state index >= 15 is 0 Å². The third kappa shape index (κ3) is 3.85. The van der Waals surface area contributed by atoms with Crippen LogP contribution in [0.4, 0.5) is 10.1 Å². The summed E-state index contributed by atoms with van der Waals surface area (Å²) in [6.45, 7) is 2.92. The minimum absolute atomic E-state index is 0.0424. The molecular formula is C21H25FN4O2. The predicted octanol–water partition coefficient (Wildman–Crippen LogP) is 2.75. The predicted molar refractivity (Wildman–Crippen MR) is 104 cm³/mol. The fourth-order valence-corrected chi connectivity index (χ4v) is 4.05. The molecule has 7 heteroatoms. The Kier molecular flexibility index (Phi) is 5.52. The van der Waals surface area contributed by atoms with Gasteiger partial charge in [-0.15, -0.1) is 0 Å². The number of aromatic nitrogens is 2. The number of likely N-dealkylation sites (N-methyl/N-ethyl adjacent to an activating group) is 1. The minimum atomic E-state index is -0.268. The summed E-state index contributed by atoms with van der Waals surface area (Å²) in [5.41, 5.74) is 2.58. The molecule has 28 heavy (non-hydrogen) atoms. The zero-order valence-corrected chi connectivity index (χ0v) is 16.1. The summed E-state index contributed by atoms with van der Waals surface area (Å²) in [7, 11) is 1.89. The molecule has 3 heterocycles. The molecule has 1 atom stereocenters. The summed E-state index contributed by atoms with van der Waals surface area (Å²) in [6, 6.07) is 6.55. The Morgan fingerprint density at radius 3 is 2.64 bits per heavy atom. The van der Waals surface area contributed by atoms with E-state index in [1.165, 1.54) is 18.5 Å². The van der Waals surface area contributed by atoms with Crippen LogP contribution in [0.3, 0.4) is 0 Å². The Morgan fingerprint density at radius 1 is 1.21 bits per heavy atom. The van der Waals surface area contributed by atoms with E-state index < -0.39 is 0 Å². The molecule has 0 aliphatic carbocycles. The number of piperidine rings is 1. The largest absolute Gasteiger partial charge is 0.379 e. The Morgan fingerprint density at radius 2 is 1.96 bits per heavy atom. The molecule has 1 amide bonds. The summed E-state index contributed by atoms with van der Waals surface area (Å²) in [5.74, 6) is -0.00515. The van der Waals surface area contributed by atoms with Crippen LogP contribution in [0.25, 0.3) is 11.3 Å². The van der Waals surface area contributed by atoms with Gasteiger partial charge in [0.25, 0.3) is 0 Å². The minimum Gasteiger partial charge on any atom is -0.379 e. The second kappa shape index (κ2) is 8.22. The molecule has 6 nitrogen and oxygen atoms in total. The number of rotatable bonds is 4. The van der Waals surface area contributed by atoms with Gasteiger partial charge in [0, 0.05) is 38.2 Å². The van der Waals surface area contributed by atoms with E-state index in [0.717, 1.165) is 55.9 Å². The van der Waals surface area contributed by atoms with Gasteiger partial charge in [-0.1, -0.05) is 0 Å². The van der Waals surface area contributed by atoms with Crippen molar-refractivity contribution in [2.75, 3.05) is 38.3 Å². The molecule has 4 rings (SSSR count). The van der Waals surface area contributed by atoms with E-state index in [0.29, 0.717) is 6.61 Å². The molecule has 148 valence electrons. The average molecular weight is 384 g/mol. The number of benzene rings is 1. The summed E-state index contributed by atoms with van der Waals surface area (Å²) in [5, 5.41) is 0. The second-order valence-corrected chi connectivity index (χ2v) is 7.49. The molecule has 0 bridgehead atoms. The number of ether oxygens (including phenoxy) is 1. The zero-order chi connectivity index (χ0) is 19.5. The number of halogens is 1. The third-order valence-electron chi connectivity index (χ3n) is 5.80. The average Bonchev–Trinajstić information content (AvgIpc) is 3.28. The van der Waals surface area contributed by atoms with Gasteiger partial charge in [0.1, 0.15) is 12.1 Å². The highest BCUT2D eigenvalue weighted by Crippen LogP contribution is 2.31. The molecule has 2 aliphatic heterocycles. The summed E-state index contributed by atoms with van der Waals surface area (Å²) in [6.07, 6.45) is 5.83. The number of hydrogen-bond donors (Lipinski definition) is 0. The smallest absolute Gasteiger partial charge is 0.225 e. The lowest BCUT2D eigenvalue weighted by Crippen LogP contribution is -2.45. The lowest BCUT2D eigenvalue weighted by molar-refractivity contribution is -0.137. The van der Waals surface area contributed by atoms with Gasteiger partial charge in [-0.3, -0.25) is 4.79 Å². The molecule has 2 aromatic rings. The van der Waals surface area contributed by atoms with Crippen molar-refractivity contribution < 1.29 is 13.9 Å². The Labute approximate surface area is 164 Å². The molecular weight excluding hydrogens is 359 g/mol. The van der Waals surface area contributed by atoms with E-state index in [1.54, 1.807) is 18.3 Å². The van der Waals surface area contributed by atoms with Crippen LogP contribution in [-0.2, 0) is 9.53 Å². The first-order chi connectivity index (χ1) is 13.6. The maximum absolute atomic E-state index is 13.3. The van der Waals surface area contributed by atoms with E-state index in [4.69, 9.17) is 4.74 Å². The van der Waals surface area contributed by atoms with Crippen molar-refractivity contribution in [3.63, 3.8) is 0 Å². The Hall–Kier alpha value is -2.54. The maximum Gasteiger partial charge on any atom is 0.225 e. The number of anilines is 1. The van der Waals surface area contributed by atoms with Crippen LogP contribution >= 0.6 is 0 Å². The number of amides is 1. The van der Waals surface area contributed by atoms with Gasteiger partial charge in [0.05, 0.1) is 30.2 Å². The van der Waals surface area contributed by atoms with Crippen molar-refractivity contribution >= 4 is 11.6 Å². The molecule has 0 N–H and O–H groups in total. The first-order valence-corrected chi connectivity index (χ1v) is 9.79. The first-order valence-electron chi connectivity index (χ1n) is 9.79. The van der Waals surface area contributed by atoms with Crippen LogP contribution in [-0.4, -0.2) is 60.2 Å². The van der Waals surface area contributed by atoms with E-state index in [9.17, 15) is 9.18 Å². The quantitative estimate of drug-likeness (QED) is 0.811. The standard InChI is InChI=1S/C21H25FN4O2/c1-25(18-8-11-28-13-18)21(27)16-6-9-26(10-7-16)19-12-23-14-24-20(19)15-2-4-17(22)5-3-15/h2-5,12,14,16,18H,6-11,13H2,1H3/t18-/m1/s1. The highest BCUT2D eigenvalue weighted by molar-refractivity contribution is 5.80. The number of carbonyl (C=O) groups excluding carboxylic acids is 1. The van der Waals surface area contributed by atoms with Crippen LogP contribution < -0.4 is 4.90 Å². The van der Waals surface area contributed by atoms with Crippen molar-refractivity contribution in [3.8, 4) is 11.3 Å². The van der Waals surface area contributed by atoms with Gasteiger partial charge >= 0.3 is 0 Å². The molecule has 0 unspecified atom stereocenters. The van der Waals surface area contributed by atoms with Crippen LogP contribution in [0.15, 0.2) is 36.8 Å². The van der Waals surface area contributed by atoms with Gasteiger partial charge in [-0.05, 0) is 43.5 Å². The molecule has 1 aromatic heterocycles. The molecule has 2 aliphatic rings. The maximum atomic E-state index is 13.3. The Balaban J connectivity index is 1.44. The summed E-state index contributed by atoms with van der Waals surface area (Å²) >= 11 is 0. The van der Waals surface area contributed by atoms with Crippen molar-refractivity contribution in [2.24, 2.45) is 5.92 Å². The summed E-state index contributed by atoms with van der Waals surface area (Å²) in [4.78, 5) is 25.5. The molecule has 2 saturated heterocycles. The zero-order valence-electron chi connectivity index (χ0n) is 16.1. The lowest BCUT2D eigenvalue weighted by Gasteiger charge is -2.36. The van der Waals surface area contributed by atoms with E-state index in [-0.39, 0.29) is 23.7 Å². The molecule has 1 aromatic carbocycles. The second-order valence-electron chi connectivity index (χ2n) is 7.49. The number of hydrogen-bond acceptors (Lipinski definition) is 5. The van der Waals surface area contributed by atoms with Crippen LogP contribution in [0.2, 0.25) is 0 Å². The van der Waals surface area contributed by atoms with Gasteiger partial charge in [0.15, 0.2) is 0 Å². The topological polar surface area (TPSA) is 58.6 Å². The SMILES string of the molecule is CN(C(=O)C1CCN(c2cncnc2-c2ccc(F)cc2)CC1)[C@@H]1CCOC1. The Bertz CT molecular complexity index is 815. The van der Waals surface area contributed by atoms with Gasteiger partial charge < -0.3 is 14.5 Å². The molecule has 2 fully saturated rings. The van der Waals surface area contributed by atoms with E-state index in [1.807, 2.05) is 11.9 Å². The highest BCUT2D eigenvalue weighted by Gasteiger charge is 2.32. The lowest BCUT2D eigenvalue weighted by atomic mass is 9.94. The van der Waals surface area contributed by atoms with Crippen molar-refractivity contribution in [2.45, 2.75) is 25.3 Å². The van der Waals surface area contributed by atoms with Crippen LogP contribution in [0.1, 0.15) is 19.3 Å². The molecule has 0 spiro atoms. The van der Waals surface area contributed by atoms with Crippen LogP contribution in [0, 0.1) is 11.7 Å². The van der Waals surface area contributed by atoms with Crippen molar-refractivity contribution in [1.82, 2.24) is 14.9 Å². The van der Waals surface area contributed by atoms with Crippen LogP contribution in [0.5, 0.6) is 0 Å². The summed E-state index contributed by atoms with van der Waals surface area (Å²) < 4.78 is 18.7. The van der Waals surface area contributed by atoms with E-state index in [2.05, 4.69) is 14.9 Å². The third-order valence-corrected chi connectivity index (χ3v) is 5.80. The number of carbonyl (C=O) groups is 1. The van der Waals surface area contributed by atoms with Gasteiger partial charge in [-0.2, -0.15) is 0 Å². The van der Waals surface area contributed by atoms with Gasteiger partial charge in [0.2, 0.25) is 5.91 Å². The van der Waals surface area contributed by atoms with Gasteiger partial charge in [-0.25, -0.2) is 14.4 Å². The molecule has 0 radical (unpaired) electrons. The monoisotopic (exact) mass is 384 g/mol. The normalized spacial score (nSPS) is 20.4. The number of nitrogens with zero attached hydrogens (tertiary/aromatic N) is 4.